The quantitative estimate of drug-likeness (QED) is 0.705. The molecule has 3 nitrogen and oxygen atoms in total. The van der Waals surface area contributed by atoms with Gasteiger partial charge in [-0.25, -0.2) is 0 Å². The second-order valence-electron chi connectivity index (χ2n) is 4.27. The summed E-state index contributed by atoms with van der Waals surface area (Å²) in [4.78, 5) is 0. The summed E-state index contributed by atoms with van der Waals surface area (Å²) in [7, 11) is 0. The zero-order chi connectivity index (χ0) is 11.1. The van der Waals surface area contributed by atoms with Crippen molar-refractivity contribution >= 4 is 0 Å². The minimum Gasteiger partial charge on any atom is -0.298 e. The summed E-state index contributed by atoms with van der Waals surface area (Å²) in [6.07, 6.45) is -3.36. The molecule has 0 bridgehead atoms. The molecule has 0 aromatic carbocycles. The third-order valence-corrected chi connectivity index (χ3v) is 3.03. The molecule has 1 aliphatic heterocycles. The summed E-state index contributed by atoms with van der Waals surface area (Å²) in [6.45, 7) is 1.97. The van der Waals surface area contributed by atoms with Gasteiger partial charge >= 0.3 is 6.36 Å². The fourth-order valence-electron chi connectivity index (χ4n) is 2.50. The van der Waals surface area contributed by atoms with Gasteiger partial charge in [-0.3, -0.25) is 15.4 Å². The predicted molar refractivity (Wildman–Crippen MR) is 48.1 cm³/mol. The molecule has 1 saturated carbocycles. The average molecular weight is 224 g/mol. The molecule has 2 N–H and O–H groups in total. The highest BCUT2D eigenvalue weighted by Crippen LogP contribution is 2.30. The molecule has 0 radical (unpaired) electrons. The first-order valence-corrected chi connectivity index (χ1v) is 5.21. The van der Waals surface area contributed by atoms with Crippen molar-refractivity contribution in [2.45, 2.75) is 56.9 Å². The maximum absolute atomic E-state index is 12.0. The average Bonchev–Trinajstić information content (AvgIpc) is 2.40. The second kappa shape index (κ2) is 3.92. The molecule has 1 saturated heterocycles. The van der Waals surface area contributed by atoms with Crippen molar-refractivity contribution in [1.82, 2.24) is 10.6 Å². The summed E-state index contributed by atoms with van der Waals surface area (Å²) in [5.74, 6) is 0. The van der Waals surface area contributed by atoms with E-state index in [0.717, 1.165) is 6.42 Å². The smallest absolute Gasteiger partial charge is 0.298 e. The van der Waals surface area contributed by atoms with Crippen LogP contribution in [0.1, 0.15) is 26.2 Å². The normalized spacial score (nSPS) is 41.6. The number of hydrogen-bond acceptors (Lipinski definition) is 3. The molecule has 1 heterocycles. The number of fused-ring (bicyclic) bond motifs is 1. The number of hydrogen-bond donors (Lipinski definition) is 2. The van der Waals surface area contributed by atoms with Gasteiger partial charge in [0.1, 0.15) is 0 Å². The third kappa shape index (κ3) is 2.83. The lowest BCUT2D eigenvalue weighted by molar-refractivity contribution is -0.345. The molecule has 1 aliphatic carbocycles. The number of ether oxygens (including phenoxy) is 1. The van der Waals surface area contributed by atoms with Crippen LogP contribution >= 0.6 is 0 Å². The maximum Gasteiger partial charge on any atom is 0.522 e. The molecule has 0 spiro atoms. The minimum absolute atomic E-state index is 0.112. The zero-order valence-electron chi connectivity index (χ0n) is 8.47. The van der Waals surface area contributed by atoms with Gasteiger partial charge in [0.25, 0.3) is 0 Å². The van der Waals surface area contributed by atoms with Gasteiger partial charge in [0, 0.05) is 12.1 Å². The predicted octanol–water partition coefficient (Wildman–Crippen LogP) is 1.35. The molecular formula is C9H15F3N2O. The van der Waals surface area contributed by atoms with E-state index in [2.05, 4.69) is 15.4 Å². The van der Waals surface area contributed by atoms with Crippen LogP contribution in [0.3, 0.4) is 0 Å². The molecule has 0 aromatic heterocycles. The lowest BCUT2D eigenvalue weighted by Gasteiger charge is -2.31. The number of nitrogens with one attached hydrogen (secondary N) is 2. The SMILES string of the molecule is CC1NC2CCC(OC(F)(F)F)CC2N1. The largest absolute Gasteiger partial charge is 0.522 e. The van der Waals surface area contributed by atoms with E-state index in [0.29, 0.717) is 18.9 Å². The summed E-state index contributed by atoms with van der Waals surface area (Å²) in [5, 5.41) is 6.50. The van der Waals surface area contributed by atoms with Crippen LogP contribution < -0.4 is 10.6 Å². The molecule has 2 aliphatic rings. The Kier molecular flexibility index (Phi) is 2.92. The van der Waals surface area contributed by atoms with Gasteiger partial charge in [-0.05, 0) is 26.2 Å². The third-order valence-electron chi connectivity index (χ3n) is 3.03. The minimum atomic E-state index is -4.50. The molecule has 4 atom stereocenters. The monoisotopic (exact) mass is 224 g/mol. The van der Waals surface area contributed by atoms with Crippen molar-refractivity contribution in [1.29, 1.82) is 0 Å². The molecule has 2 fully saturated rings. The Balaban J connectivity index is 1.87. The number of rotatable bonds is 1. The van der Waals surface area contributed by atoms with Gasteiger partial charge in [0.2, 0.25) is 0 Å². The Bertz CT molecular complexity index is 234. The van der Waals surface area contributed by atoms with E-state index in [-0.39, 0.29) is 12.2 Å². The summed E-state index contributed by atoms with van der Waals surface area (Å²) in [5.41, 5.74) is 0. The van der Waals surface area contributed by atoms with Crippen LogP contribution in [0.15, 0.2) is 0 Å². The van der Waals surface area contributed by atoms with Gasteiger partial charge in [-0.2, -0.15) is 0 Å². The van der Waals surface area contributed by atoms with Crippen LogP contribution in [0, 0.1) is 0 Å². The van der Waals surface area contributed by atoms with Crippen LogP contribution in [-0.4, -0.2) is 30.7 Å². The number of halogens is 3. The van der Waals surface area contributed by atoms with E-state index in [1.165, 1.54) is 0 Å². The van der Waals surface area contributed by atoms with Gasteiger partial charge in [-0.1, -0.05) is 0 Å². The number of alkyl halides is 3. The van der Waals surface area contributed by atoms with Crippen LogP contribution in [0.2, 0.25) is 0 Å². The first-order valence-electron chi connectivity index (χ1n) is 5.21. The van der Waals surface area contributed by atoms with Crippen molar-refractivity contribution in [3.05, 3.63) is 0 Å². The van der Waals surface area contributed by atoms with Crippen LogP contribution in [0.25, 0.3) is 0 Å². The maximum atomic E-state index is 12.0. The molecule has 4 unspecified atom stereocenters. The van der Waals surface area contributed by atoms with Gasteiger partial charge in [0.15, 0.2) is 0 Å². The van der Waals surface area contributed by atoms with E-state index in [4.69, 9.17) is 0 Å². The van der Waals surface area contributed by atoms with Crippen molar-refractivity contribution in [2.75, 3.05) is 0 Å². The summed E-state index contributed by atoms with van der Waals surface area (Å²) < 4.78 is 40.1. The van der Waals surface area contributed by atoms with Crippen LogP contribution in [0.5, 0.6) is 0 Å². The standard InChI is InChI=1S/C9H15F3N2O/c1-5-13-7-3-2-6(4-8(7)14-5)15-9(10,11)12/h5-8,13-14H,2-4H2,1H3. The first-order chi connectivity index (χ1) is 6.94. The zero-order valence-corrected chi connectivity index (χ0v) is 8.47. The fraction of sp³-hybridized carbons (Fsp3) is 1.00. The van der Waals surface area contributed by atoms with Crippen molar-refractivity contribution < 1.29 is 17.9 Å². The molecule has 0 amide bonds. The van der Waals surface area contributed by atoms with E-state index >= 15 is 0 Å². The molecule has 2 rings (SSSR count). The van der Waals surface area contributed by atoms with Gasteiger partial charge in [0.05, 0.1) is 12.3 Å². The first kappa shape index (κ1) is 11.2. The molecule has 0 aromatic rings. The second-order valence-corrected chi connectivity index (χ2v) is 4.27. The molecule has 88 valence electrons. The summed E-state index contributed by atoms with van der Waals surface area (Å²) >= 11 is 0. The Morgan fingerprint density at radius 3 is 2.47 bits per heavy atom. The van der Waals surface area contributed by atoms with Crippen molar-refractivity contribution in [2.24, 2.45) is 0 Å². The van der Waals surface area contributed by atoms with E-state index in [9.17, 15) is 13.2 Å². The lowest BCUT2D eigenvalue weighted by atomic mass is 9.89. The van der Waals surface area contributed by atoms with Crippen LogP contribution in [0.4, 0.5) is 13.2 Å². The Morgan fingerprint density at radius 2 is 1.80 bits per heavy atom. The Hall–Kier alpha value is -0.330. The van der Waals surface area contributed by atoms with Crippen LogP contribution in [-0.2, 0) is 4.74 Å². The van der Waals surface area contributed by atoms with E-state index < -0.39 is 12.5 Å². The lowest BCUT2D eigenvalue weighted by Crippen LogP contribution is -2.43. The highest BCUT2D eigenvalue weighted by molar-refractivity contribution is 4.96. The van der Waals surface area contributed by atoms with Gasteiger partial charge in [-0.15, -0.1) is 13.2 Å². The summed E-state index contributed by atoms with van der Waals surface area (Å²) in [6, 6.07) is 0.411. The van der Waals surface area contributed by atoms with E-state index in [1.54, 1.807) is 0 Å². The highest BCUT2D eigenvalue weighted by Gasteiger charge is 2.41. The Morgan fingerprint density at radius 1 is 1.13 bits per heavy atom. The fourth-order valence-corrected chi connectivity index (χ4v) is 2.50. The Labute approximate surface area is 86.4 Å². The molecular weight excluding hydrogens is 209 g/mol. The van der Waals surface area contributed by atoms with Crippen molar-refractivity contribution in [3.8, 4) is 0 Å². The van der Waals surface area contributed by atoms with E-state index in [1.807, 2.05) is 6.92 Å². The highest BCUT2D eigenvalue weighted by atomic mass is 19.4. The van der Waals surface area contributed by atoms with Crippen molar-refractivity contribution in [3.63, 3.8) is 0 Å². The molecule has 15 heavy (non-hydrogen) atoms. The topological polar surface area (TPSA) is 33.3 Å². The van der Waals surface area contributed by atoms with Gasteiger partial charge < -0.3 is 0 Å². The molecule has 6 heteroatoms.